The summed E-state index contributed by atoms with van der Waals surface area (Å²) in [5.41, 5.74) is 5.78. The van der Waals surface area contributed by atoms with Gasteiger partial charge in [-0.3, -0.25) is 0 Å². The fourth-order valence-corrected chi connectivity index (χ4v) is 18.3. The Hall–Kier alpha value is -2.98. The number of hydrogen-bond acceptors (Lipinski definition) is 4. The lowest BCUT2D eigenvalue weighted by Crippen LogP contribution is -2.82. The predicted octanol–water partition coefficient (Wildman–Crippen LogP) is 8.09. The zero-order valence-corrected chi connectivity index (χ0v) is 26.8. The molecule has 0 N–H and O–H groups in total. The Bertz CT molecular complexity index is 1780. The number of benzene rings is 2. The molecule has 9 saturated carbocycles. The van der Waals surface area contributed by atoms with Crippen LogP contribution in [-0.4, -0.2) is 14.2 Å². The van der Waals surface area contributed by atoms with Crippen LogP contribution in [-0.2, 0) is 0 Å². The molecule has 0 radical (unpaired) electrons. The Morgan fingerprint density at radius 1 is 0.644 bits per heavy atom. The van der Waals surface area contributed by atoms with E-state index in [0.29, 0.717) is 40.1 Å². The molecular formula is C41H42N2O2. The molecule has 228 valence electrons. The molecule has 4 nitrogen and oxygen atoms in total. The van der Waals surface area contributed by atoms with Crippen molar-refractivity contribution in [3.63, 3.8) is 0 Å². The molecule has 8 bridgehead atoms. The number of ether oxygens (including phenoxy) is 2. The van der Waals surface area contributed by atoms with E-state index in [1.54, 1.807) is 0 Å². The van der Waals surface area contributed by atoms with Gasteiger partial charge in [0.15, 0.2) is 0 Å². The highest BCUT2D eigenvalue weighted by molar-refractivity contribution is 5.97. The van der Waals surface area contributed by atoms with Crippen LogP contribution in [0.1, 0.15) is 68.9 Å². The molecule has 10 aliphatic rings. The normalized spacial score (nSPS) is 54.8. The molecule has 0 aromatic heterocycles. The lowest BCUT2D eigenvalue weighted by atomic mass is 9.18. The first-order chi connectivity index (χ1) is 21.9. The summed E-state index contributed by atoms with van der Waals surface area (Å²) in [4.78, 5) is 0. The van der Waals surface area contributed by atoms with Gasteiger partial charge in [0.2, 0.25) is 0 Å². The average Bonchev–Trinajstić information content (AvgIpc) is 3.92. The van der Waals surface area contributed by atoms with E-state index in [2.05, 4.69) is 50.3 Å². The predicted molar refractivity (Wildman–Crippen MR) is 169 cm³/mol. The molecule has 12 rings (SSSR count). The van der Waals surface area contributed by atoms with Crippen LogP contribution in [0.2, 0.25) is 0 Å². The molecule has 0 unspecified atom stereocenters. The fraction of sp³-hybridized carbons (Fsp3) is 0.659. The quantitative estimate of drug-likeness (QED) is 0.260. The topological polar surface area (TPSA) is 66.0 Å². The summed E-state index contributed by atoms with van der Waals surface area (Å²) in [6.45, 7) is 5.55. The second kappa shape index (κ2) is 7.43. The van der Waals surface area contributed by atoms with Gasteiger partial charge in [0.1, 0.15) is 29.2 Å². The van der Waals surface area contributed by atoms with Gasteiger partial charge in [0.05, 0.1) is 14.2 Å². The molecule has 45 heavy (non-hydrogen) atoms. The van der Waals surface area contributed by atoms with Gasteiger partial charge < -0.3 is 9.47 Å². The van der Waals surface area contributed by atoms with Crippen LogP contribution >= 0.6 is 0 Å². The highest BCUT2D eigenvalue weighted by atomic mass is 16.5. The summed E-state index contributed by atoms with van der Waals surface area (Å²) in [6, 6.07) is 13.4. The number of hydrogen-bond donors (Lipinski definition) is 0. The van der Waals surface area contributed by atoms with Gasteiger partial charge >= 0.3 is 0 Å². The number of rotatable bonds is 2. The maximum Gasteiger partial charge on any atom is 0.130 e. The van der Waals surface area contributed by atoms with Crippen molar-refractivity contribution in [1.29, 1.82) is 10.5 Å². The second-order valence-electron chi connectivity index (χ2n) is 17.8. The second-order valence-corrected chi connectivity index (χ2v) is 17.8. The zero-order chi connectivity index (χ0) is 30.0. The fourth-order valence-electron chi connectivity index (χ4n) is 18.3. The number of fused-ring (bicyclic) bond motifs is 33. The van der Waals surface area contributed by atoms with E-state index >= 15 is 0 Å². The summed E-state index contributed by atoms with van der Waals surface area (Å²) in [5.74, 6) is 14.6. The lowest BCUT2D eigenvalue weighted by molar-refractivity contribution is -0.390. The number of nitrogens with zero attached hydrogens (tertiary/aromatic N) is 2. The summed E-state index contributed by atoms with van der Waals surface area (Å²) >= 11 is 0. The van der Waals surface area contributed by atoms with Crippen LogP contribution in [0.25, 0.3) is 10.8 Å². The summed E-state index contributed by atoms with van der Waals surface area (Å²) in [5, 5.41) is 22.2. The van der Waals surface area contributed by atoms with E-state index in [1.807, 2.05) is 14.2 Å². The Kier molecular flexibility index (Phi) is 4.15. The van der Waals surface area contributed by atoms with Crippen LogP contribution in [0.5, 0.6) is 11.5 Å². The van der Waals surface area contributed by atoms with Crippen LogP contribution in [0.3, 0.4) is 0 Å². The Labute approximate surface area is 266 Å². The largest absolute Gasteiger partial charge is 0.496 e. The molecule has 10 aliphatic carbocycles. The van der Waals surface area contributed by atoms with E-state index in [0.717, 1.165) is 82.5 Å². The van der Waals surface area contributed by atoms with Gasteiger partial charge in [0.25, 0.3) is 0 Å². The van der Waals surface area contributed by atoms with Crippen molar-refractivity contribution in [2.24, 2.45) is 93.7 Å². The minimum absolute atomic E-state index is 0.478. The van der Waals surface area contributed by atoms with Crippen molar-refractivity contribution in [3.8, 4) is 23.6 Å². The van der Waals surface area contributed by atoms with Gasteiger partial charge in [-0.05, 0) is 143 Å². The van der Waals surface area contributed by atoms with Crippen LogP contribution in [0, 0.1) is 116 Å². The molecule has 0 heterocycles. The molecule has 0 spiro atoms. The van der Waals surface area contributed by atoms with Crippen molar-refractivity contribution >= 4 is 10.8 Å². The third-order valence-electron chi connectivity index (χ3n) is 18.3. The van der Waals surface area contributed by atoms with Crippen LogP contribution in [0.15, 0.2) is 35.4 Å². The number of nitriles is 2. The lowest BCUT2D eigenvalue weighted by Gasteiger charge is -2.85. The average molecular weight is 595 g/mol. The molecule has 0 amide bonds. The van der Waals surface area contributed by atoms with E-state index in [9.17, 15) is 10.5 Å². The smallest absolute Gasteiger partial charge is 0.130 e. The van der Waals surface area contributed by atoms with Crippen molar-refractivity contribution < 1.29 is 9.47 Å². The van der Waals surface area contributed by atoms with Crippen molar-refractivity contribution in [2.75, 3.05) is 14.2 Å². The van der Waals surface area contributed by atoms with E-state index < -0.39 is 0 Å². The molecule has 0 aliphatic heterocycles. The van der Waals surface area contributed by atoms with Crippen molar-refractivity contribution in [2.45, 2.75) is 57.8 Å². The monoisotopic (exact) mass is 594 g/mol. The minimum atomic E-state index is 0.478. The van der Waals surface area contributed by atoms with E-state index in [4.69, 9.17) is 9.47 Å². The maximum atomic E-state index is 9.89. The van der Waals surface area contributed by atoms with Gasteiger partial charge in [-0.1, -0.05) is 38.1 Å². The SMILES string of the molecule is COc1c2c(c(OC)c3ccccc13)[C@@H]1C[C@H]2[C@H]2[C@H]3C[C@@H]([C@H]21)[C@H]1[C@@H]3[C@@]2(C)[C@H]3[C@H]4C[C@H]([C@H]5[C@@H]4[C@H]4CC[C@@H]5C4=C(C#N)C#N)[C@H]3[C@@]12C. The van der Waals surface area contributed by atoms with Crippen LogP contribution in [0.4, 0.5) is 0 Å². The molecule has 0 saturated heterocycles. The summed E-state index contributed by atoms with van der Waals surface area (Å²) in [7, 11) is 3.77. The standard InChI is InChI=1S/C41H42N2O2/c1-40-34-23-12-24(29-20-10-9-19(28(23)29)27(20)16(14-42)15-43)35(34)41(40,2)37-26-13-25(36(37)40)30-21-11-22(31(26)30)33-32(21)38(44-3)17-7-5-6-8-18(17)39(33)45-4/h5-8,19-26,28-31,34-37H,9-13H2,1-4H3/t19-,20+,21-,22+,23-,24+,25+,26-,28+,29-,30-,31+,34-,35+,36+,37-,40+,41-. The molecule has 2 aromatic carbocycles. The first-order valence-corrected chi connectivity index (χ1v) is 18.2. The maximum absolute atomic E-state index is 9.89. The van der Waals surface area contributed by atoms with Gasteiger partial charge in [-0.15, -0.1) is 0 Å². The molecule has 2 aromatic rings. The molecular weight excluding hydrogens is 552 g/mol. The van der Waals surface area contributed by atoms with Gasteiger partial charge in [-0.25, -0.2) is 0 Å². The van der Waals surface area contributed by atoms with Crippen LogP contribution < -0.4 is 9.47 Å². The first-order valence-electron chi connectivity index (χ1n) is 18.2. The minimum Gasteiger partial charge on any atom is -0.496 e. The van der Waals surface area contributed by atoms with Crippen molar-refractivity contribution in [1.82, 2.24) is 0 Å². The van der Waals surface area contributed by atoms with Crippen molar-refractivity contribution in [3.05, 3.63) is 46.5 Å². The molecule has 18 atom stereocenters. The third-order valence-corrected chi connectivity index (χ3v) is 18.3. The van der Waals surface area contributed by atoms with E-state index in [-0.39, 0.29) is 0 Å². The third kappa shape index (κ3) is 2.16. The Morgan fingerprint density at radius 2 is 1.04 bits per heavy atom. The zero-order valence-electron chi connectivity index (χ0n) is 26.8. The number of methoxy groups -OCH3 is 2. The number of allylic oxidation sites excluding steroid dienone is 2. The highest BCUT2D eigenvalue weighted by Gasteiger charge is 2.92. The van der Waals surface area contributed by atoms with Gasteiger partial charge in [0, 0.05) is 21.9 Å². The highest BCUT2D eigenvalue weighted by Crippen LogP contribution is 2.97. The summed E-state index contributed by atoms with van der Waals surface area (Å²) in [6.07, 6.45) is 6.67. The summed E-state index contributed by atoms with van der Waals surface area (Å²) < 4.78 is 12.6. The first kappa shape index (κ1) is 25.2. The Morgan fingerprint density at radius 3 is 1.42 bits per heavy atom. The van der Waals surface area contributed by atoms with Gasteiger partial charge in [-0.2, -0.15) is 10.5 Å². The Balaban J connectivity index is 0.960. The molecule has 4 heteroatoms. The molecule has 9 fully saturated rings. The van der Waals surface area contributed by atoms with E-state index in [1.165, 1.54) is 59.6 Å².